The molecule has 0 unspecified atom stereocenters. The van der Waals surface area contributed by atoms with Gasteiger partial charge in [0.1, 0.15) is 5.75 Å². The molecule has 0 aromatic heterocycles. The van der Waals surface area contributed by atoms with E-state index in [1.807, 2.05) is 24.3 Å². The predicted molar refractivity (Wildman–Crippen MR) is 85.3 cm³/mol. The van der Waals surface area contributed by atoms with Gasteiger partial charge in [-0.2, -0.15) is 0 Å². The Morgan fingerprint density at radius 2 is 1.95 bits per heavy atom. The molecule has 0 aliphatic carbocycles. The van der Waals surface area contributed by atoms with Crippen LogP contribution in [0.25, 0.3) is 0 Å². The van der Waals surface area contributed by atoms with Gasteiger partial charge in [-0.1, -0.05) is 41.4 Å². The molecule has 0 spiro atoms. The number of anilines is 1. The van der Waals surface area contributed by atoms with Crippen LogP contribution in [0.3, 0.4) is 0 Å². The van der Waals surface area contributed by atoms with E-state index in [1.165, 1.54) is 0 Å². The smallest absolute Gasteiger partial charge is 0.319 e. The Morgan fingerprint density at radius 1 is 1.19 bits per heavy atom. The lowest BCUT2D eigenvalue weighted by Crippen LogP contribution is -2.28. The third kappa shape index (κ3) is 4.28. The summed E-state index contributed by atoms with van der Waals surface area (Å²) in [4.78, 5) is 11.8. The van der Waals surface area contributed by atoms with Crippen molar-refractivity contribution in [3.8, 4) is 5.75 Å². The summed E-state index contributed by atoms with van der Waals surface area (Å²) < 4.78 is 5.13. The third-order valence-corrected chi connectivity index (χ3v) is 3.61. The largest absolute Gasteiger partial charge is 0.497 e. The molecule has 6 heteroatoms. The first-order valence-corrected chi connectivity index (χ1v) is 6.97. The molecule has 2 rings (SSSR count). The van der Waals surface area contributed by atoms with Crippen molar-refractivity contribution < 1.29 is 9.53 Å². The van der Waals surface area contributed by atoms with Crippen LogP contribution in [0.15, 0.2) is 42.5 Å². The number of urea groups is 1. The number of halogens is 2. The number of hydrogen-bond donors (Lipinski definition) is 2. The number of hydrogen-bond acceptors (Lipinski definition) is 2. The maximum Gasteiger partial charge on any atom is 0.319 e. The molecule has 0 heterocycles. The lowest BCUT2D eigenvalue weighted by atomic mass is 10.2. The summed E-state index contributed by atoms with van der Waals surface area (Å²) in [6.07, 6.45) is 0. The Balaban J connectivity index is 1.94. The number of rotatable bonds is 4. The van der Waals surface area contributed by atoms with Crippen LogP contribution in [0.2, 0.25) is 10.0 Å². The van der Waals surface area contributed by atoms with Crippen molar-refractivity contribution in [2.24, 2.45) is 0 Å². The average Bonchev–Trinajstić information content (AvgIpc) is 2.50. The van der Waals surface area contributed by atoms with E-state index in [4.69, 9.17) is 27.9 Å². The van der Waals surface area contributed by atoms with Crippen molar-refractivity contribution in [2.45, 2.75) is 6.54 Å². The van der Waals surface area contributed by atoms with Gasteiger partial charge in [0.15, 0.2) is 0 Å². The van der Waals surface area contributed by atoms with Crippen LogP contribution in [0.5, 0.6) is 5.75 Å². The number of carbonyl (C=O) groups is 1. The molecule has 0 radical (unpaired) electrons. The Bertz CT molecular complexity index is 647. The fraction of sp³-hybridized carbons (Fsp3) is 0.133. The highest BCUT2D eigenvalue weighted by molar-refractivity contribution is 6.43. The zero-order valence-corrected chi connectivity index (χ0v) is 12.8. The van der Waals surface area contributed by atoms with E-state index in [2.05, 4.69) is 10.6 Å². The van der Waals surface area contributed by atoms with Gasteiger partial charge in [0, 0.05) is 6.54 Å². The molecule has 2 N–H and O–H groups in total. The zero-order chi connectivity index (χ0) is 15.2. The number of nitrogens with one attached hydrogen (secondary N) is 2. The molecule has 110 valence electrons. The summed E-state index contributed by atoms with van der Waals surface area (Å²) in [6.45, 7) is 0.376. The van der Waals surface area contributed by atoms with Crippen molar-refractivity contribution in [3.05, 3.63) is 58.1 Å². The Labute approximate surface area is 133 Å². The second-order valence-corrected chi connectivity index (χ2v) is 5.05. The lowest BCUT2D eigenvalue weighted by Gasteiger charge is -2.10. The molecule has 4 nitrogen and oxygen atoms in total. The Morgan fingerprint density at radius 3 is 2.71 bits per heavy atom. The van der Waals surface area contributed by atoms with Gasteiger partial charge in [-0.3, -0.25) is 0 Å². The molecule has 0 aliphatic rings. The Kier molecular flexibility index (Phi) is 5.31. The van der Waals surface area contributed by atoms with Crippen molar-refractivity contribution >= 4 is 34.9 Å². The monoisotopic (exact) mass is 324 g/mol. The zero-order valence-electron chi connectivity index (χ0n) is 11.3. The van der Waals surface area contributed by atoms with E-state index < -0.39 is 0 Å². The number of benzene rings is 2. The summed E-state index contributed by atoms with van der Waals surface area (Å²) in [5, 5.41) is 6.10. The highest BCUT2D eigenvalue weighted by Crippen LogP contribution is 2.29. The van der Waals surface area contributed by atoms with Crippen LogP contribution in [0.1, 0.15) is 5.56 Å². The van der Waals surface area contributed by atoms with Gasteiger partial charge in [0.05, 0.1) is 22.8 Å². The molecule has 0 fully saturated rings. The van der Waals surface area contributed by atoms with Crippen LogP contribution in [0, 0.1) is 0 Å². The molecule has 0 atom stereocenters. The van der Waals surface area contributed by atoms with Crippen molar-refractivity contribution in [1.82, 2.24) is 5.32 Å². The molecule has 21 heavy (non-hydrogen) atoms. The summed E-state index contributed by atoms with van der Waals surface area (Å²) in [5.41, 5.74) is 1.40. The van der Waals surface area contributed by atoms with Gasteiger partial charge in [-0.05, 0) is 29.8 Å². The van der Waals surface area contributed by atoms with E-state index in [0.717, 1.165) is 11.3 Å². The first-order valence-electron chi connectivity index (χ1n) is 6.22. The number of methoxy groups -OCH3 is 1. The van der Waals surface area contributed by atoms with Crippen molar-refractivity contribution in [1.29, 1.82) is 0 Å². The van der Waals surface area contributed by atoms with Crippen LogP contribution >= 0.6 is 23.2 Å². The Hall–Kier alpha value is -1.91. The minimum atomic E-state index is -0.359. The minimum absolute atomic E-state index is 0.315. The van der Waals surface area contributed by atoms with Gasteiger partial charge >= 0.3 is 6.03 Å². The van der Waals surface area contributed by atoms with E-state index in [1.54, 1.807) is 25.3 Å². The second kappa shape index (κ2) is 7.20. The van der Waals surface area contributed by atoms with E-state index in [9.17, 15) is 4.79 Å². The van der Waals surface area contributed by atoms with Crippen molar-refractivity contribution in [2.75, 3.05) is 12.4 Å². The van der Waals surface area contributed by atoms with Gasteiger partial charge in [-0.15, -0.1) is 0 Å². The summed E-state index contributed by atoms with van der Waals surface area (Å²) in [7, 11) is 1.60. The van der Waals surface area contributed by atoms with Gasteiger partial charge in [-0.25, -0.2) is 4.79 Å². The van der Waals surface area contributed by atoms with Gasteiger partial charge in [0.25, 0.3) is 0 Å². The number of carbonyl (C=O) groups excluding carboxylic acids is 1. The molecular weight excluding hydrogens is 311 g/mol. The summed E-state index contributed by atoms with van der Waals surface area (Å²) in [6, 6.07) is 12.1. The maximum absolute atomic E-state index is 11.8. The van der Waals surface area contributed by atoms with Gasteiger partial charge in [0.2, 0.25) is 0 Å². The number of amides is 2. The average molecular weight is 325 g/mol. The minimum Gasteiger partial charge on any atom is -0.497 e. The normalized spacial score (nSPS) is 10.0. The standard InChI is InChI=1S/C15H14Cl2N2O2/c1-21-11-5-2-4-10(8-11)9-18-15(20)19-13-7-3-6-12(16)14(13)17/h2-8H,9H2,1H3,(H2,18,19,20). The molecule has 2 amide bonds. The number of ether oxygens (including phenoxy) is 1. The molecule has 0 aliphatic heterocycles. The van der Waals surface area contributed by atoms with Crippen molar-refractivity contribution in [3.63, 3.8) is 0 Å². The predicted octanol–water partition coefficient (Wildman–Crippen LogP) is 4.32. The molecule has 0 saturated heterocycles. The second-order valence-electron chi connectivity index (χ2n) is 4.26. The SMILES string of the molecule is COc1cccc(CNC(=O)Nc2cccc(Cl)c2Cl)c1. The molecule has 0 saturated carbocycles. The third-order valence-electron chi connectivity index (χ3n) is 2.79. The van der Waals surface area contributed by atoms with Crippen LogP contribution in [-0.4, -0.2) is 13.1 Å². The van der Waals surface area contributed by atoms with E-state index in [0.29, 0.717) is 22.3 Å². The van der Waals surface area contributed by atoms with E-state index in [-0.39, 0.29) is 6.03 Å². The van der Waals surface area contributed by atoms with Crippen LogP contribution in [-0.2, 0) is 6.54 Å². The first-order chi connectivity index (χ1) is 10.1. The molecule has 2 aromatic rings. The maximum atomic E-state index is 11.8. The molecular formula is C15H14Cl2N2O2. The molecule has 2 aromatic carbocycles. The first kappa shape index (κ1) is 15.5. The topological polar surface area (TPSA) is 50.4 Å². The highest BCUT2D eigenvalue weighted by atomic mass is 35.5. The molecule has 0 bridgehead atoms. The van der Waals surface area contributed by atoms with Gasteiger partial charge < -0.3 is 15.4 Å². The highest BCUT2D eigenvalue weighted by Gasteiger charge is 2.07. The quantitative estimate of drug-likeness (QED) is 0.879. The fourth-order valence-corrected chi connectivity index (χ4v) is 2.08. The fourth-order valence-electron chi connectivity index (χ4n) is 1.73. The van der Waals surface area contributed by atoms with Crippen LogP contribution < -0.4 is 15.4 Å². The van der Waals surface area contributed by atoms with E-state index >= 15 is 0 Å². The lowest BCUT2D eigenvalue weighted by molar-refractivity contribution is 0.251. The van der Waals surface area contributed by atoms with Crippen LogP contribution in [0.4, 0.5) is 10.5 Å². The summed E-state index contributed by atoms with van der Waals surface area (Å²) in [5.74, 6) is 0.743. The summed E-state index contributed by atoms with van der Waals surface area (Å²) >= 11 is 11.9.